The zero-order valence-electron chi connectivity index (χ0n) is 6.45. The maximum Gasteiger partial charge on any atom is 0.134 e. The number of hydrogen-bond donors (Lipinski definition) is 2. The van der Waals surface area contributed by atoms with E-state index in [1.165, 1.54) is 0 Å². The summed E-state index contributed by atoms with van der Waals surface area (Å²) >= 11 is 0. The summed E-state index contributed by atoms with van der Waals surface area (Å²) in [5.74, 6) is 0.735. The molecule has 0 aliphatic rings. The lowest BCUT2D eigenvalue weighted by molar-refractivity contribution is 0.154. The van der Waals surface area contributed by atoms with Crippen LogP contribution in [0.1, 0.15) is 5.76 Å². The first-order valence-corrected chi connectivity index (χ1v) is 3.74. The highest BCUT2D eigenvalue weighted by molar-refractivity contribution is 5.77. The number of benzene rings is 1. The van der Waals surface area contributed by atoms with Gasteiger partial charge in [-0.3, -0.25) is 0 Å². The molecule has 2 N–H and O–H groups in total. The Morgan fingerprint density at radius 3 is 2.92 bits per heavy atom. The second-order valence-electron chi connectivity index (χ2n) is 2.59. The minimum atomic E-state index is 0.342. The van der Waals surface area contributed by atoms with Crippen molar-refractivity contribution >= 4 is 11.0 Å². The predicted molar refractivity (Wildman–Crippen MR) is 44.8 cm³/mol. The third-order valence-electron chi connectivity index (χ3n) is 1.73. The molecular weight excluding hydrogens is 154 g/mol. The monoisotopic (exact) mass is 163 g/mol. The Balaban J connectivity index is 2.47. The summed E-state index contributed by atoms with van der Waals surface area (Å²) < 4.78 is 5.39. The fourth-order valence-corrected chi connectivity index (χ4v) is 1.20. The van der Waals surface area contributed by atoms with Gasteiger partial charge in [0.25, 0.3) is 0 Å². The van der Waals surface area contributed by atoms with Crippen molar-refractivity contribution in [1.82, 2.24) is 5.48 Å². The zero-order chi connectivity index (χ0) is 8.39. The van der Waals surface area contributed by atoms with Gasteiger partial charge in [0, 0.05) is 5.39 Å². The van der Waals surface area contributed by atoms with Crippen LogP contribution in [0.5, 0.6) is 0 Å². The van der Waals surface area contributed by atoms with Crippen molar-refractivity contribution in [3.8, 4) is 0 Å². The first-order valence-electron chi connectivity index (χ1n) is 3.74. The quantitative estimate of drug-likeness (QED) is 0.665. The Bertz CT molecular complexity index is 348. The van der Waals surface area contributed by atoms with Gasteiger partial charge < -0.3 is 9.62 Å². The lowest BCUT2D eigenvalue weighted by atomic mass is 10.2. The molecule has 2 rings (SSSR count). The topological polar surface area (TPSA) is 45.4 Å². The number of hydroxylamine groups is 1. The van der Waals surface area contributed by atoms with Crippen LogP contribution in [-0.4, -0.2) is 5.21 Å². The van der Waals surface area contributed by atoms with E-state index in [-0.39, 0.29) is 0 Å². The molecule has 1 heterocycles. The van der Waals surface area contributed by atoms with E-state index in [0.29, 0.717) is 6.54 Å². The summed E-state index contributed by atoms with van der Waals surface area (Å²) in [4.78, 5) is 0. The Hall–Kier alpha value is -1.32. The Morgan fingerprint density at radius 1 is 1.33 bits per heavy atom. The second-order valence-corrected chi connectivity index (χ2v) is 2.59. The summed E-state index contributed by atoms with van der Waals surface area (Å²) in [6.45, 7) is 0.342. The molecule has 62 valence electrons. The van der Waals surface area contributed by atoms with Crippen molar-refractivity contribution in [2.24, 2.45) is 0 Å². The minimum absolute atomic E-state index is 0.342. The van der Waals surface area contributed by atoms with E-state index in [0.717, 1.165) is 16.7 Å². The minimum Gasteiger partial charge on any atom is -0.460 e. The van der Waals surface area contributed by atoms with E-state index in [1.54, 1.807) is 0 Å². The molecule has 3 nitrogen and oxygen atoms in total. The molecule has 0 spiro atoms. The average Bonchev–Trinajstić information content (AvgIpc) is 2.47. The van der Waals surface area contributed by atoms with Crippen LogP contribution in [0, 0.1) is 0 Å². The summed E-state index contributed by atoms with van der Waals surface area (Å²) in [5.41, 5.74) is 2.90. The van der Waals surface area contributed by atoms with E-state index in [9.17, 15) is 0 Å². The molecule has 3 heteroatoms. The lowest BCUT2D eigenvalue weighted by Gasteiger charge is -1.89. The van der Waals surface area contributed by atoms with Gasteiger partial charge in [-0.1, -0.05) is 18.2 Å². The van der Waals surface area contributed by atoms with Gasteiger partial charge in [-0.2, -0.15) is 5.48 Å². The van der Waals surface area contributed by atoms with Crippen molar-refractivity contribution in [3.05, 3.63) is 36.1 Å². The number of fused-ring (bicyclic) bond motifs is 1. The van der Waals surface area contributed by atoms with Gasteiger partial charge in [0.2, 0.25) is 0 Å². The fourth-order valence-electron chi connectivity index (χ4n) is 1.20. The molecule has 0 amide bonds. The summed E-state index contributed by atoms with van der Waals surface area (Å²) in [6, 6.07) is 9.64. The largest absolute Gasteiger partial charge is 0.460 e. The Labute approximate surface area is 69.6 Å². The van der Waals surface area contributed by atoms with Gasteiger partial charge in [0.05, 0.1) is 6.54 Å². The number of rotatable bonds is 2. The van der Waals surface area contributed by atoms with Gasteiger partial charge in [-0.25, -0.2) is 0 Å². The van der Waals surface area contributed by atoms with Crippen LogP contribution < -0.4 is 5.48 Å². The summed E-state index contributed by atoms with van der Waals surface area (Å²) in [6.07, 6.45) is 0. The highest BCUT2D eigenvalue weighted by Crippen LogP contribution is 2.18. The first-order chi connectivity index (χ1) is 5.90. The molecule has 12 heavy (non-hydrogen) atoms. The molecule has 0 radical (unpaired) electrons. The summed E-state index contributed by atoms with van der Waals surface area (Å²) in [5, 5.41) is 9.49. The van der Waals surface area contributed by atoms with Gasteiger partial charge in [0.1, 0.15) is 11.3 Å². The van der Waals surface area contributed by atoms with E-state index < -0.39 is 0 Å². The number of hydrogen-bond acceptors (Lipinski definition) is 3. The smallest absolute Gasteiger partial charge is 0.134 e. The van der Waals surface area contributed by atoms with Crippen molar-refractivity contribution < 1.29 is 9.62 Å². The van der Waals surface area contributed by atoms with Crippen LogP contribution >= 0.6 is 0 Å². The molecular formula is C9H9NO2. The van der Waals surface area contributed by atoms with Crippen LogP contribution in [0.25, 0.3) is 11.0 Å². The van der Waals surface area contributed by atoms with Gasteiger partial charge in [-0.05, 0) is 12.1 Å². The highest BCUT2D eigenvalue weighted by atomic mass is 16.5. The Kier molecular flexibility index (Phi) is 1.81. The molecule has 1 aromatic heterocycles. The third-order valence-corrected chi connectivity index (χ3v) is 1.73. The third kappa shape index (κ3) is 1.20. The molecule has 0 atom stereocenters. The van der Waals surface area contributed by atoms with Gasteiger partial charge in [0.15, 0.2) is 0 Å². The molecule has 0 saturated carbocycles. The predicted octanol–water partition coefficient (Wildman–Crippen LogP) is 1.91. The number of nitrogens with one attached hydrogen (secondary N) is 1. The van der Waals surface area contributed by atoms with E-state index in [2.05, 4.69) is 5.48 Å². The van der Waals surface area contributed by atoms with Crippen LogP contribution in [0.15, 0.2) is 34.7 Å². The van der Waals surface area contributed by atoms with Gasteiger partial charge in [-0.15, -0.1) is 0 Å². The molecule has 0 saturated heterocycles. The standard InChI is InChI=1S/C9H9NO2/c11-10-6-8-5-7-3-1-2-4-9(7)12-8/h1-5,10-11H,6H2. The maximum atomic E-state index is 8.43. The molecule has 0 unspecified atom stereocenters. The maximum absolute atomic E-state index is 8.43. The Morgan fingerprint density at radius 2 is 2.17 bits per heavy atom. The zero-order valence-corrected chi connectivity index (χ0v) is 6.45. The van der Waals surface area contributed by atoms with E-state index in [4.69, 9.17) is 9.62 Å². The highest BCUT2D eigenvalue weighted by Gasteiger charge is 2.00. The average molecular weight is 163 g/mol. The normalized spacial score (nSPS) is 10.8. The SMILES string of the molecule is ONCc1cc2ccccc2o1. The number of para-hydroxylation sites is 1. The van der Waals surface area contributed by atoms with E-state index >= 15 is 0 Å². The van der Waals surface area contributed by atoms with Crippen LogP contribution in [0.4, 0.5) is 0 Å². The fraction of sp³-hybridized carbons (Fsp3) is 0.111. The molecule has 0 aliphatic carbocycles. The molecule has 1 aromatic carbocycles. The van der Waals surface area contributed by atoms with Crippen molar-refractivity contribution in [3.63, 3.8) is 0 Å². The molecule has 0 bridgehead atoms. The molecule has 0 aliphatic heterocycles. The van der Waals surface area contributed by atoms with Crippen molar-refractivity contribution in [2.45, 2.75) is 6.54 Å². The number of furan rings is 1. The van der Waals surface area contributed by atoms with Crippen LogP contribution in [0.2, 0.25) is 0 Å². The molecule has 0 fully saturated rings. The lowest BCUT2D eigenvalue weighted by Crippen LogP contribution is -2.04. The van der Waals surface area contributed by atoms with Crippen molar-refractivity contribution in [1.29, 1.82) is 0 Å². The van der Waals surface area contributed by atoms with Crippen LogP contribution in [0.3, 0.4) is 0 Å². The van der Waals surface area contributed by atoms with Gasteiger partial charge >= 0.3 is 0 Å². The molecule has 2 aromatic rings. The van der Waals surface area contributed by atoms with Crippen molar-refractivity contribution in [2.75, 3.05) is 0 Å². The summed E-state index contributed by atoms with van der Waals surface area (Å²) in [7, 11) is 0. The second kappa shape index (κ2) is 2.97. The first kappa shape index (κ1) is 7.34. The van der Waals surface area contributed by atoms with E-state index in [1.807, 2.05) is 30.3 Å². The van der Waals surface area contributed by atoms with Crippen LogP contribution in [-0.2, 0) is 6.54 Å².